The molecule has 4 aliphatic rings. The third-order valence-electron chi connectivity index (χ3n) is 7.25. The Morgan fingerprint density at radius 1 is 1.08 bits per heavy atom. The number of fused-ring (bicyclic) bond motifs is 2. The largest absolute Gasteiger partial charge is 0.396 e. The SMILES string of the molecule is O=C1C[C@H](CCCO)C[C@@H]2[C@H]3CCCN4CCC[C@@H]([C@@H]34)[C@H](CO)N12. The van der Waals surface area contributed by atoms with Crippen LogP contribution < -0.4 is 0 Å². The van der Waals surface area contributed by atoms with Crippen molar-refractivity contribution in [2.45, 2.75) is 69.5 Å². The molecule has 4 fully saturated rings. The molecule has 0 unspecified atom stereocenters. The Hall–Kier alpha value is -0.650. The van der Waals surface area contributed by atoms with Gasteiger partial charge in [0.2, 0.25) is 5.91 Å². The van der Waals surface area contributed by atoms with Gasteiger partial charge in [-0.05, 0) is 75.8 Å². The van der Waals surface area contributed by atoms with Crippen LogP contribution in [0.1, 0.15) is 51.4 Å². The van der Waals surface area contributed by atoms with Crippen LogP contribution in [0.4, 0.5) is 0 Å². The van der Waals surface area contributed by atoms with Crippen molar-refractivity contribution in [3.8, 4) is 0 Å². The second-order valence-corrected chi connectivity index (χ2v) is 8.43. The van der Waals surface area contributed by atoms with Gasteiger partial charge in [0.1, 0.15) is 0 Å². The van der Waals surface area contributed by atoms with Crippen LogP contribution in [0.5, 0.6) is 0 Å². The van der Waals surface area contributed by atoms with E-state index < -0.39 is 0 Å². The minimum absolute atomic E-state index is 0.0310. The summed E-state index contributed by atoms with van der Waals surface area (Å²) in [5.74, 6) is 1.73. The van der Waals surface area contributed by atoms with Crippen molar-refractivity contribution < 1.29 is 15.0 Å². The van der Waals surface area contributed by atoms with E-state index in [4.69, 9.17) is 5.11 Å². The normalized spacial score (nSPS) is 42.6. The molecule has 0 aromatic carbocycles. The molecule has 4 heterocycles. The van der Waals surface area contributed by atoms with E-state index in [9.17, 15) is 9.90 Å². The summed E-state index contributed by atoms with van der Waals surface area (Å²) in [7, 11) is 0. The lowest BCUT2D eigenvalue weighted by Crippen LogP contribution is -2.71. The van der Waals surface area contributed by atoms with Gasteiger partial charge in [-0.25, -0.2) is 0 Å². The number of hydrogen-bond acceptors (Lipinski definition) is 4. The van der Waals surface area contributed by atoms with Crippen molar-refractivity contribution in [1.82, 2.24) is 9.80 Å². The third kappa shape index (κ3) is 2.69. The van der Waals surface area contributed by atoms with Crippen molar-refractivity contribution >= 4 is 5.91 Å². The zero-order chi connectivity index (χ0) is 16.7. The average molecular weight is 336 g/mol. The number of aliphatic hydroxyl groups excluding tert-OH is 2. The molecule has 0 bridgehead atoms. The van der Waals surface area contributed by atoms with Crippen molar-refractivity contribution in [3.05, 3.63) is 0 Å². The predicted molar refractivity (Wildman–Crippen MR) is 91.4 cm³/mol. The van der Waals surface area contributed by atoms with Gasteiger partial charge in [0, 0.05) is 25.1 Å². The second-order valence-electron chi connectivity index (χ2n) is 8.43. The van der Waals surface area contributed by atoms with Crippen molar-refractivity contribution in [1.29, 1.82) is 0 Å². The Kier molecular flexibility index (Phi) is 4.85. The molecule has 0 radical (unpaired) electrons. The Morgan fingerprint density at radius 2 is 1.83 bits per heavy atom. The maximum absolute atomic E-state index is 12.9. The molecule has 0 aliphatic carbocycles. The summed E-state index contributed by atoms with van der Waals surface area (Å²) in [4.78, 5) is 17.7. The van der Waals surface area contributed by atoms with Crippen LogP contribution in [0.3, 0.4) is 0 Å². The first-order valence-electron chi connectivity index (χ1n) is 10.0. The first kappa shape index (κ1) is 16.8. The number of hydrogen-bond donors (Lipinski definition) is 2. The van der Waals surface area contributed by atoms with Crippen LogP contribution in [0.2, 0.25) is 0 Å². The van der Waals surface area contributed by atoms with Crippen molar-refractivity contribution in [3.63, 3.8) is 0 Å². The highest BCUT2D eigenvalue weighted by atomic mass is 16.3. The lowest BCUT2D eigenvalue weighted by atomic mass is 9.64. The second kappa shape index (κ2) is 6.93. The highest BCUT2D eigenvalue weighted by Crippen LogP contribution is 2.48. The van der Waals surface area contributed by atoms with Crippen LogP contribution in [-0.4, -0.2) is 70.3 Å². The van der Waals surface area contributed by atoms with Crippen LogP contribution >= 0.6 is 0 Å². The summed E-state index contributed by atoms with van der Waals surface area (Å²) in [6.07, 6.45) is 8.29. The Labute approximate surface area is 145 Å². The third-order valence-corrected chi connectivity index (χ3v) is 7.25. The van der Waals surface area contributed by atoms with E-state index in [1.54, 1.807) is 0 Å². The molecule has 4 rings (SSSR count). The highest BCUT2D eigenvalue weighted by molar-refractivity contribution is 5.78. The van der Waals surface area contributed by atoms with Crippen molar-refractivity contribution in [2.75, 3.05) is 26.3 Å². The van der Waals surface area contributed by atoms with Gasteiger partial charge in [-0.15, -0.1) is 0 Å². The zero-order valence-electron chi connectivity index (χ0n) is 14.6. The monoisotopic (exact) mass is 336 g/mol. The number of rotatable bonds is 4. The Morgan fingerprint density at radius 3 is 2.54 bits per heavy atom. The van der Waals surface area contributed by atoms with Gasteiger partial charge in [0.05, 0.1) is 12.6 Å². The molecule has 0 aromatic rings. The van der Waals surface area contributed by atoms with Gasteiger partial charge < -0.3 is 15.1 Å². The van der Waals surface area contributed by atoms with E-state index >= 15 is 0 Å². The van der Waals surface area contributed by atoms with Crippen LogP contribution in [0.25, 0.3) is 0 Å². The molecule has 5 nitrogen and oxygen atoms in total. The molecule has 24 heavy (non-hydrogen) atoms. The summed E-state index contributed by atoms with van der Waals surface area (Å²) in [5, 5.41) is 19.2. The van der Waals surface area contributed by atoms with E-state index in [2.05, 4.69) is 9.80 Å². The van der Waals surface area contributed by atoms with E-state index in [1.807, 2.05) is 0 Å². The molecular formula is C19H32N2O3. The standard InChI is InChI=1S/C19H32N2O3/c22-9-3-4-13-10-16-14-5-1-7-20-8-2-6-15(19(14)20)17(12-23)21(16)18(24)11-13/h13-17,19,22-23H,1-12H2/t13-,14-,15-,16-,17+,19-/m1/s1. The number of carbonyl (C=O) groups excluding carboxylic acids is 1. The highest BCUT2D eigenvalue weighted by Gasteiger charge is 2.55. The quantitative estimate of drug-likeness (QED) is 0.810. The van der Waals surface area contributed by atoms with E-state index in [1.165, 1.54) is 32.4 Å². The first-order chi connectivity index (χ1) is 11.7. The number of amides is 1. The average Bonchev–Trinajstić information content (AvgIpc) is 2.61. The molecular weight excluding hydrogens is 304 g/mol. The van der Waals surface area contributed by atoms with Crippen molar-refractivity contribution in [2.24, 2.45) is 17.8 Å². The fourth-order valence-electron chi connectivity index (χ4n) is 6.43. The molecule has 136 valence electrons. The van der Waals surface area contributed by atoms with Gasteiger partial charge in [-0.1, -0.05) is 0 Å². The summed E-state index contributed by atoms with van der Waals surface area (Å²) < 4.78 is 0. The lowest BCUT2D eigenvalue weighted by Gasteiger charge is -2.62. The molecule has 6 atom stereocenters. The molecule has 4 saturated heterocycles. The Balaban J connectivity index is 1.62. The molecule has 5 heteroatoms. The summed E-state index contributed by atoms with van der Waals surface area (Å²) in [6.45, 7) is 2.74. The van der Waals surface area contributed by atoms with Gasteiger partial charge >= 0.3 is 0 Å². The summed E-state index contributed by atoms with van der Waals surface area (Å²) in [5.41, 5.74) is 0. The molecule has 1 amide bonds. The number of aliphatic hydroxyl groups is 2. The van der Waals surface area contributed by atoms with Crippen LogP contribution in [0.15, 0.2) is 0 Å². The fraction of sp³-hybridized carbons (Fsp3) is 0.947. The van der Waals surface area contributed by atoms with E-state index in [0.717, 1.165) is 25.7 Å². The topological polar surface area (TPSA) is 64.0 Å². The number of carbonyl (C=O) groups is 1. The summed E-state index contributed by atoms with van der Waals surface area (Å²) in [6, 6.07) is 0.924. The molecule has 0 saturated carbocycles. The summed E-state index contributed by atoms with van der Waals surface area (Å²) >= 11 is 0. The first-order valence-corrected chi connectivity index (χ1v) is 10.0. The predicted octanol–water partition coefficient (Wildman–Crippen LogP) is 1.23. The van der Waals surface area contributed by atoms with Crippen LogP contribution in [0, 0.1) is 17.8 Å². The minimum atomic E-state index is 0.0310. The zero-order valence-corrected chi connectivity index (χ0v) is 14.6. The van der Waals surface area contributed by atoms with E-state index in [0.29, 0.717) is 36.3 Å². The van der Waals surface area contributed by atoms with Gasteiger partial charge in [0.15, 0.2) is 0 Å². The number of nitrogens with zero attached hydrogens (tertiary/aromatic N) is 2. The van der Waals surface area contributed by atoms with E-state index in [-0.39, 0.29) is 25.2 Å². The minimum Gasteiger partial charge on any atom is -0.396 e. The smallest absolute Gasteiger partial charge is 0.223 e. The van der Waals surface area contributed by atoms with Gasteiger partial charge in [0.25, 0.3) is 0 Å². The lowest BCUT2D eigenvalue weighted by molar-refractivity contribution is -0.169. The maximum atomic E-state index is 12.9. The Bertz CT molecular complexity index is 470. The van der Waals surface area contributed by atoms with Gasteiger partial charge in [-0.2, -0.15) is 0 Å². The molecule has 4 aliphatic heterocycles. The fourth-order valence-corrected chi connectivity index (χ4v) is 6.43. The van der Waals surface area contributed by atoms with Gasteiger partial charge in [-0.3, -0.25) is 9.69 Å². The molecule has 0 aromatic heterocycles. The van der Waals surface area contributed by atoms with Crippen LogP contribution in [-0.2, 0) is 4.79 Å². The molecule has 2 N–H and O–H groups in total. The molecule has 0 spiro atoms. The number of piperidine rings is 4. The maximum Gasteiger partial charge on any atom is 0.223 e.